The van der Waals surface area contributed by atoms with E-state index in [1.54, 1.807) is 0 Å². The molecule has 0 radical (unpaired) electrons. The molecule has 2 N–H and O–H groups in total. The van der Waals surface area contributed by atoms with Gasteiger partial charge >= 0.3 is 5.69 Å². The van der Waals surface area contributed by atoms with Gasteiger partial charge in [-0.25, -0.2) is 13.1 Å². The number of nitro benzene ring substituents is 1. The summed E-state index contributed by atoms with van der Waals surface area (Å²) < 4.78 is 37.1. The van der Waals surface area contributed by atoms with Crippen molar-refractivity contribution >= 4 is 15.7 Å². The van der Waals surface area contributed by atoms with E-state index < -0.39 is 14.9 Å². The van der Waals surface area contributed by atoms with Crippen LogP contribution in [0.4, 0.5) is 5.69 Å². The minimum Gasteiger partial charge on any atom is -0.490 e. The van der Waals surface area contributed by atoms with E-state index in [4.69, 9.17) is 9.47 Å². The Bertz CT molecular complexity index is 658. The van der Waals surface area contributed by atoms with Crippen LogP contribution in [0.15, 0.2) is 23.1 Å². The standard InChI is InChI=1S/C13H19N3O6S/c1-21-13-3-2-11(10-12(13)16(17)18)23(19,20)14-4-5-15-6-8-22-9-7-15/h2-3,10,14H,4-9H2,1H3/p+1. The first kappa shape index (κ1) is 17.6. The fourth-order valence-corrected chi connectivity index (χ4v) is 3.39. The van der Waals surface area contributed by atoms with Gasteiger partial charge in [0.2, 0.25) is 10.0 Å². The van der Waals surface area contributed by atoms with Crippen LogP contribution in [0.2, 0.25) is 0 Å². The molecule has 1 aliphatic rings. The lowest BCUT2D eigenvalue weighted by atomic mass is 10.3. The first-order chi connectivity index (χ1) is 10.9. The Balaban J connectivity index is 2.03. The van der Waals surface area contributed by atoms with Gasteiger partial charge in [0.25, 0.3) is 0 Å². The number of hydrogen-bond donors (Lipinski definition) is 2. The third kappa shape index (κ3) is 4.61. The Kier molecular flexibility index (Phi) is 5.88. The van der Waals surface area contributed by atoms with E-state index in [0.29, 0.717) is 19.8 Å². The monoisotopic (exact) mass is 346 g/mol. The average molecular weight is 346 g/mol. The largest absolute Gasteiger partial charge is 0.490 e. The molecule has 0 unspecified atom stereocenters. The maximum atomic E-state index is 12.2. The molecule has 0 spiro atoms. The summed E-state index contributed by atoms with van der Waals surface area (Å²) >= 11 is 0. The van der Waals surface area contributed by atoms with E-state index in [1.165, 1.54) is 24.1 Å². The van der Waals surface area contributed by atoms with Crippen LogP contribution >= 0.6 is 0 Å². The summed E-state index contributed by atoms with van der Waals surface area (Å²) in [5.74, 6) is 0.0201. The van der Waals surface area contributed by atoms with Crippen LogP contribution in [0.5, 0.6) is 5.75 Å². The van der Waals surface area contributed by atoms with E-state index in [0.717, 1.165) is 19.2 Å². The molecule has 2 rings (SSSR count). The van der Waals surface area contributed by atoms with E-state index in [2.05, 4.69) is 4.72 Å². The summed E-state index contributed by atoms with van der Waals surface area (Å²) in [5, 5.41) is 11.0. The normalized spacial score (nSPS) is 16.2. The van der Waals surface area contributed by atoms with Crippen molar-refractivity contribution in [1.82, 2.24) is 4.72 Å². The van der Waals surface area contributed by atoms with Gasteiger partial charge in [-0.15, -0.1) is 0 Å². The molecular weight excluding hydrogens is 326 g/mol. The van der Waals surface area contributed by atoms with Crippen molar-refractivity contribution in [3.63, 3.8) is 0 Å². The van der Waals surface area contributed by atoms with E-state index in [-0.39, 0.29) is 22.9 Å². The number of ether oxygens (including phenoxy) is 2. The molecule has 0 aliphatic carbocycles. The third-order valence-electron chi connectivity index (χ3n) is 3.63. The molecule has 0 bridgehead atoms. The van der Waals surface area contributed by atoms with Gasteiger partial charge in [0.1, 0.15) is 13.1 Å². The molecule has 1 saturated heterocycles. The van der Waals surface area contributed by atoms with Gasteiger partial charge in [-0.1, -0.05) is 0 Å². The molecule has 1 aromatic rings. The number of sulfonamides is 1. The number of rotatable bonds is 7. The zero-order chi connectivity index (χ0) is 16.9. The number of nitro groups is 1. The molecule has 0 saturated carbocycles. The molecule has 128 valence electrons. The molecule has 10 heteroatoms. The van der Waals surface area contributed by atoms with Crippen molar-refractivity contribution in [2.45, 2.75) is 4.90 Å². The number of quaternary nitrogens is 1. The second-order valence-electron chi connectivity index (χ2n) is 5.10. The summed E-state index contributed by atoms with van der Waals surface area (Å²) in [5.41, 5.74) is -0.380. The molecule has 1 aromatic carbocycles. The summed E-state index contributed by atoms with van der Waals surface area (Å²) in [6, 6.07) is 3.57. The number of morpholine rings is 1. The predicted octanol–water partition coefficient (Wildman–Crippen LogP) is -1.20. The Morgan fingerprint density at radius 1 is 1.39 bits per heavy atom. The van der Waals surface area contributed by atoms with Gasteiger partial charge in [-0.05, 0) is 12.1 Å². The maximum Gasteiger partial charge on any atom is 0.312 e. The van der Waals surface area contributed by atoms with Gasteiger partial charge in [0.15, 0.2) is 5.75 Å². The van der Waals surface area contributed by atoms with Crippen molar-refractivity contribution < 1.29 is 27.7 Å². The van der Waals surface area contributed by atoms with Gasteiger partial charge in [-0.3, -0.25) is 10.1 Å². The minimum absolute atomic E-state index is 0.0201. The first-order valence-corrected chi connectivity index (χ1v) is 8.66. The van der Waals surface area contributed by atoms with E-state index >= 15 is 0 Å². The highest BCUT2D eigenvalue weighted by molar-refractivity contribution is 7.89. The highest BCUT2D eigenvalue weighted by atomic mass is 32.2. The molecule has 0 aromatic heterocycles. The number of nitrogens with zero attached hydrogens (tertiary/aromatic N) is 1. The summed E-state index contributed by atoms with van der Waals surface area (Å²) in [4.78, 5) is 11.4. The molecule has 1 fully saturated rings. The number of methoxy groups -OCH3 is 1. The minimum atomic E-state index is -3.80. The highest BCUT2D eigenvalue weighted by Crippen LogP contribution is 2.29. The second kappa shape index (κ2) is 7.68. The number of hydrogen-bond acceptors (Lipinski definition) is 6. The zero-order valence-corrected chi connectivity index (χ0v) is 13.6. The van der Waals surface area contributed by atoms with E-state index in [1.807, 2.05) is 0 Å². The molecule has 1 heterocycles. The Morgan fingerprint density at radius 3 is 2.70 bits per heavy atom. The summed E-state index contributed by atoms with van der Waals surface area (Å²) in [7, 11) is -2.51. The zero-order valence-electron chi connectivity index (χ0n) is 12.8. The van der Waals surface area contributed by atoms with E-state index in [9.17, 15) is 18.5 Å². The van der Waals surface area contributed by atoms with Crippen LogP contribution in [-0.2, 0) is 14.8 Å². The topological polar surface area (TPSA) is 112 Å². The number of benzene rings is 1. The molecule has 0 atom stereocenters. The van der Waals surface area contributed by atoms with Crippen molar-refractivity contribution in [3.8, 4) is 5.75 Å². The maximum absolute atomic E-state index is 12.2. The second-order valence-corrected chi connectivity index (χ2v) is 6.87. The van der Waals surface area contributed by atoms with Gasteiger partial charge in [0, 0.05) is 6.07 Å². The Labute approximate surface area is 134 Å². The van der Waals surface area contributed by atoms with Crippen molar-refractivity contribution in [2.75, 3.05) is 46.5 Å². The predicted molar refractivity (Wildman–Crippen MR) is 81.2 cm³/mol. The van der Waals surface area contributed by atoms with Crippen molar-refractivity contribution in [1.29, 1.82) is 0 Å². The number of nitrogens with one attached hydrogen (secondary N) is 2. The van der Waals surface area contributed by atoms with Gasteiger partial charge < -0.3 is 14.4 Å². The SMILES string of the molecule is COc1ccc(S(=O)(=O)NCC[NH+]2CCOCC2)cc1[N+](=O)[O-]. The van der Waals surface area contributed by atoms with Crippen LogP contribution in [-0.4, -0.2) is 59.8 Å². The summed E-state index contributed by atoms with van der Waals surface area (Å²) in [6.07, 6.45) is 0. The van der Waals surface area contributed by atoms with Crippen LogP contribution in [0.25, 0.3) is 0 Å². The Morgan fingerprint density at radius 2 is 2.09 bits per heavy atom. The highest BCUT2D eigenvalue weighted by Gasteiger charge is 2.22. The van der Waals surface area contributed by atoms with Gasteiger partial charge in [0.05, 0.1) is 43.2 Å². The van der Waals surface area contributed by atoms with Crippen molar-refractivity contribution in [2.24, 2.45) is 0 Å². The summed E-state index contributed by atoms with van der Waals surface area (Å²) in [6.45, 7) is 3.93. The van der Waals surface area contributed by atoms with Crippen LogP contribution in [0.3, 0.4) is 0 Å². The van der Waals surface area contributed by atoms with Crippen LogP contribution < -0.4 is 14.4 Å². The van der Waals surface area contributed by atoms with Crippen LogP contribution in [0.1, 0.15) is 0 Å². The third-order valence-corrected chi connectivity index (χ3v) is 5.09. The molecule has 0 amide bonds. The lowest BCUT2D eigenvalue weighted by Crippen LogP contribution is -3.14. The molecular formula is C13H20N3O6S+. The molecule has 1 aliphatic heterocycles. The lowest BCUT2D eigenvalue weighted by Gasteiger charge is -2.23. The van der Waals surface area contributed by atoms with Crippen LogP contribution in [0, 0.1) is 10.1 Å². The van der Waals surface area contributed by atoms with Gasteiger partial charge in [-0.2, -0.15) is 0 Å². The fraction of sp³-hybridized carbons (Fsp3) is 0.538. The van der Waals surface area contributed by atoms with Crippen molar-refractivity contribution in [3.05, 3.63) is 28.3 Å². The Hall–Kier alpha value is -1.75. The lowest BCUT2D eigenvalue weighted by molar-refractivity contribution is -0.906. The first-order valence-electron chi connectivity index (χ1n) is 7.17. The fourth-order valence-electron chi connectivity index (χ4n) is 2.34. The average Bonchev–Trinajstić information content (AvgIpc) is 2.55. The molecule has 9 nitrogen and oxygen atoms in total. The molecule has 23 heavy (non-hydrogen) atoms. The smallest absolute Gasteiger partial charge is 0.312 e. The quantitative estimate of drug-likeness (QED) is 0.474.